The molecule has 29 heavy (non-hydrogen) atoms. The summed E-state index contributed by atoms with van der Waals surface area (Å²) in [4.78, 5) is 2.59. The molecule has 0 aliphatic carbocycles. The van der Waals surface area contributed by atoms with Crippen molar-refractivity contribution in [2.24, 2.45) is 0 Å². The lowest BCUT2D eigenvalue weighted by Gasteiger charge is -2.35. The second-order valence-corrected chi connectivity index (χ2v) is 9.12. The Morgan fingerprint density at radius 2 is 1.93 bits per heavy atom. The first kappa shape index (κ1) is 21.6. The largest absolute Gasteiger partial charge is 0.496 e. The first-order valence-corrected chi connectivity index (χ1v) is 11.5. The maximum atomic E-state index is 12.5. The van der Waals surface area contributed by atoms with E-state index in [0.29, 0.717) is 24.6 Å². The first-order valence-electron chi connectivity index (χ1n) is 10.0. The van der Waals surface area contributed by atoms with Crippen molar-refractivity contribution < 1.29 is 17.9 Å². The van der Waals surface area contributed by atoms with Gasteiger partial charge in [-0.05, 0) is 50.6 Å². The van der Waals surface area contributed by atoms with Gasteiger partial charge >= 0.3 is 0 Å². The highest BCUT2D eigenvalue weighted by Crippen LogP contribution is 2.33. The molecule has 1 heterocycles. The molecule has 0 amide bonds. The molecular formula is C22H30N2O4S. The second kappa shape index (κ2) is 9.61. The SMILES string of the molecule is CCCN(CCNS(=O)(=O)c1ccc(C)cc1)[C@H]1COc2cccc(OC)c2C1. The van der Waals surface area contributed by atoms with Crippen LogP contribution < -0.4 is 14.2 Å². The van der Waals surface area contributed by atoms with Crippen LogP contribution in [0.1, 0.15) is 24.5 Å². The molecule has 7 heteroatoms. The Kier molecular flexibility index (Phi) is 7.16. The second-order valence-electron chi connectivity index (χ2n) is 7.35. The molecule has 1 N–H and O–H groups in total. The van der Waals surface area contributed by atoms with Gasteiger partial charge in [0.25, 0.3) is 0 Å². The highest BCUT2D eigenvalue weighted by atomic mass is 32.2. The molecule has 0 saturated heterocycles. The predicted octanol–water partition coefficient (Wildman–Crippen LogP) is 3.00. The predicted molar refractivity (Wildman–Crippen MR) is 114 cm³/mol. The van der Waals surface area contributed by atoms with Crippen molar-refractivity contribution in [3.05, 3.63) is 53.6 Å². The van der Waals surface area contributed by atoms with Crippen LogP contribution in [0.15, 0.2) is 47.4 Å². The normalized spacial score (nSPS) is 16.3. The Balaban J connectivity index is 1.64. The van der Waals surface area contributed by atoms with Crippen molar-refractivity contribution >= 4 is 10.0 Å². The summed E-state index contributed by atoms with van der Waals surface area (Å²) in [6.45, 7) is 6.51. The minimum absolute atomic E-state index is 0.183. The molecule has 1 aliphatic rings. The highest BCUT2D eigenvalue weighted by molar-refractivity contribution is 7.89. The van der Waals surface area contributed by atoms with E-state index in [1.165, 1.54) is 0 Å². The quantitative estimate of drug-likeness (QED) is 0.678. The first-order chi connectivity index (χ1) is 13.9. The van der Waals surface area contributed by atoms with E-state index < -0.39 is 10.0 Å². The lowest BCUT2D eigenvalue weighted by atomic mass is 10.00. The third kappa shape index (κ3) is 5.29. The summed E-state index contributed by atoms with van der Waals surface area (Å²) in [5.41, 5.74) is 2.11. The van der Waals surface area contributed by atoms with Gasteiger partial charge in [-0.1, -0.05) is 30.7 Å². The zero-order valence-electron chi connectivity index (χ0n) is 17.3. The zero-order valence-corrected chi connectivity index (χ0v) is 18.2. The van der Waals surface area contributed by atoms with Crippen molar-refractivity contribution in [2.45, 2.75) is 37.6 Å². The highest BCUT2D eigenvalue weighted by Gasteiger charge is 2.27. The van der Waals surface area contributed by atoms with Crippen molar-refractivity contribution in [1.82, 2.24) is 9.62 Å². The molecule has 1 aliphatic heterocycles. The number of ether oxygens (including phenoxy) is 2. The number of hydrogen-bond acceptors (Lipinski definition) is 5. The molecule has 2 aromatic rings. The van der Waals surface area contributed by atoms with Gasteiger partial charge in [0.2, 0.25) is 10.0 Å². The summed E-state index contributed by atoms with van der Waals surface area (Å²) in [6.07, 6.45) is 1.81. The number of nitrogens with zero attached hydrogens (tertiary/aromatic N) is 1. The van der Waals surface area contributed by atoms with Gasteiger partial charge in [0, 0.05) is 24.7 Å². The Bertz CT molecular complexity index is 899. The fourth-order valence-corrected chi connectivity index (χ4v) is 4.70. The molecule has 6 nitrogen and oxygen atoms in total. The van der Waals surface area contributed by atoms with Crippen LogP contribution in [0.25, 0.3) is 0 Å². The number of benzene rings is 2. The monoisotopic (exact) mass is 418 g/mol. The van der Waals surface area contributed by atoms with Gasteiger partial charge in [0.05, 0.1) is 12.0 Å². The molecular weight excluding hydrogens is 388 g/mol. The van der Waals surface area contributed by atoms with Crippen molar-refractivity contribution in [2.75, 3.05) is 33.4 Å². The van der Waals surface area contributed by atoms with Gasteiger partial charge in [-0.2, -0.15) is 0 Å². The number of nitrogens with one attached hydrogen (secondary N) is 1. The molecule has 3 rings (SSSR count). The van der Waals surface area contributed by atoms with Crippen molar-refractivity contribution in [1.29, 1.82) is 0 Å². The molecule has 0 fully saturated rings. The molecule has 0 unspecified atom stereocenters. The maximum Gasteiger partial charge on any atom is 0.240 e. The van der Waals surface area contributed by atoms with Gasteiger partial charge in [-0.3, -0.25) is 4.90 Å². The van der Waals surface area contributed by atoms with Crippen LogP contribution in [-0.4, -0.2) is 52.7 Å². The summed E-state index contributed by atoms with van der Waals surface area (Å²) < 4.78 is 39.3. The lowest BCUT2D eigenvalue weighted by molar-refractivity contribution is 0.119. The van der Waals surface area contributed by atoms with E-state index in [1.807, 2.05) is 37.3 Å². The van der Waals surface area contributed by atoms with Crippen molar-refractivity contribution in [3.63, 3.8) is 0 Å². The zero-order chi connectivity index (χ0) is 20.9. The number of sulfonamides is 1. The van der Waals surface area contributed by atoms with E-state index in [1.54, 1.807) is 19.2 Å². The fourth-order valence-electron chi connectivity index (χ4n) is 3.68. The number of aryl methyl sites for hydroxylation is 1. The lowest BCUT2D eigenvalue weighted by Crippen LogP contribution is -2.46. The van der Waals surface area contributed by atoms with E-state index >= 15 is 0 Å². The smallest absolute Gasteiger partial charge is 0.240 e. The van der Waals surface area contributed by atoms with Gasteiger partial charge in [0.15, 0.2) is 0 Å². The molecule has 0 bridgehead atoms. The average molecular weight is 419 g/mol. The van der Waals surface area contributed by atoms with Crippen LogP contribution in [-0.2, 0) is 16.4 Å². The number of fused-ring (bicyclic) bond motifs is 1. The molecule has 2 aromatic carbocycles. The number of hydrogen-bond donors (Lipinski definition) is 1. The van der Waals surface area contributed by atoms with E-state index in [-0.39, 0.29) is 6.04 Å². The van der Waals surface area contributed by atoms with Gasteiger partial charge in [-0.25, -0.2) is 13.1 Å². The Morgan fingerprint density at radius 1 is 1.17 bits per heavy atom. The maximum absolute atomic E-state index is 12.5. The number of methoxy groups -OCH3 is 1. The molecule has 0 aromatic heterocycles. The molecule has 0 spiro atoms. The van der Waals surface area contributed by atoms with Gasteiger partial charge < -0.3 is 9.47 Å². The summed E-state index contributed by atoms with van der Waals surface area (Å²) in [7, 11) is -1.84. The topological polar surface area (TPSA) is 67.9 Å². The summed E-state index contributed by atoms with van der Waals surface area (Å²) >= 11 is 0. The minimum atomic E-state index is -3.51. The van der Waals surface area contributed by atoms with Crippen LogP contribution in [0.5, 0.6) is 11.5 Å². The Morgan fingerprint density at radius 3 is 2.62 bits per heavy atom. The summed E-state index contributed by atoms with van der Waals surface area (Å²) in [6, 6.07) is 12.9. The van der Waals surface area contributed by atoms with Crippen molar-refractivity contribution in [3.8, 4) is 11.5 Å². The fraction of sp³-hybridized carbons (Fsp3) is 0.455. The molecule has 158 valence electrons. The van der Waals surface area contributed by atoms with E-state index in [4.69, 9.17) is 9.47 Å². The van der Waals surface area contributed by atoms with Crippen LogP contribution >= 0.6 is 0 Å². The Labute approximate surface area is 173 Å². The van der Waals surface area contributed by atoms with E-state index in [0.717, 1.165) is 42.0 Å². The van der Waals surface area contributed by atoms with Crippen LogP contribution in [0.2, 0.25) is 0 Å². The third-order valence-corrected chi connectivity index (χ3v) is 6.71. The molecule has 0 saturated carbocycles. The van der Waals surface area contributed by atoms with Crippen LogP contribution in [0.4, 0.5) is 0 Å². The Hall–Kier alpha value is -2.09. The minimum Gasteiger partial charge on any atom is -0.496 e. The van der Waals surface area contributed by atoms with Crippen LogP contribution in [0.3, 0.4) is 0 Å². The number of rotatable bonds is 9. The molecule has 1 atom stereocenters. The van der Waals surface area contributed by atoms with E-state index in [9.17, 15) is 8.42 Å². The van der Waals surface area contributed by atoms with E-state index in [2.05, 4.69) is 16.5 Å². The molecule has 0 radical (unpaired) electrons. The standard InChI is InChI=1S/C22H30N2O4S/c1-4-13-24(14-12-23-29(25,26)19-10-8-17(2)9-11-19)18-15-20-21(27-3)6-5-7-22(20)28-16-18/h5-11,18,23H,4,12-16H2,1-3H3/t18-/m1/s1. The van der Waals surface area contributed by atoms with Crippen LogP contribution in [0, 0.1) is 6.92 Å². The van der Waals surface area contributed by atoms with Gasteiger partial charge in [-0.15, -0.1) is 0 Å². The average Bonchev–Trinajstić information content (AvgIpc) is 2.72. The third-order valence-electron chi connectivity index (χ3n) is 5.23. The summed E-state index contributed by atoms with van der Waals surface area (Å²) in [5, 5.41) is 0. The van der Waals surface area contributed by atoms with Gasteiger partial charge in [0.1, 0.15) is 18.1 Å². The summed E-state index contributed by atoms with van der Waals surface area (Å²) in [5.74, 6) is 1.71.